The molecule has 1 aliphatic carbocycles. The lowest BCUT2D eigenvalue weighted by Crippen LogP contribution is -2.34. The van der Waals surface area contributed by atoms with Crippen molar-refractivity contribution in [2.75, 3.05) is 0 Å². The molecule has 0 radical (unpaired) electrons. The number of fused-ring (bicyclic) bond motifs is 1. The summed E-state index contributed by atoms with van der Waals surface area (Å²) in [5, 5.41) is 0. The zero-order chi connectivity index (χ0) is 21.0. The van der Waals surface area contributed by atoms with Crippen molar-refractivity contribution in [3.8, 4) is 11.3 Å². The first-order chi connectivity index (χ1) is 12.9. The Morgan fingerprint density at radius 2 is 1.61 bits per heavy atom. The van der Waals surface area contributed by atoms with Crippen molar-refractivity contribution < 1.29 is 4.79 Å². The van der Waals surface area contributed by atoms with E-state index < -0.39 is 0 Å². The molecule has 1 aromatic heterocycles. The third-order valence-corrected chi connectivity index (χ3v) is 6.81. The van der Waals surface area contributed by atoms with Gasteiger partial charge in [0.05, 0.1) is 5.56 Å². The summed E-state index contributed by atoms with van der Waals surface area (Å²) in [7, 11) is 0. The van der Waals surface area contributed by atoms with E-state index in [9.17, 15) is 4.79 Å². The van der Waals surface area contributed by atoms with Crippen LogP contribution in [0.4, 0.5) is 0 Å². The average molecular weight is 381 g/mol. The van der Waals surface area contributed by atoms with Gasteiger partial charge in [0.25, 0.3) is 5.91 Å². The number of carbonyl (C=O) groups is 1. The fraction of sp³-hybridized carbons (Fsp3) is 0.560. The van der Waals surface area contributed by atoms with Crippen LogP contribution in [0.15, 0.2) is 18.2 Å². The second-order valence-corrected chi connectivity index (χ2v) is 10.0. The lowest BCUT2D eigenvalue weighted by molar-refractivity contribution is 0.0999. The summed E-state index contributed by atoms with van der Waals surface area (Å²) in [5.41, 5.74) is 14.3. The average Bonchev–Trinajstić information content (AvgIpc) is 2.95. The number of primary amides is 1. The minimum atomic E-state index is -0.351. The van der Waals surface area contributed by atoms with Crippen molar-refractivity contribution in [2.45, 2.75) is 91.5 Å². The Morgan fingerprint density at radius 1 is 1.07 bits per heavy atom. The standard InChI is InChI=1S/C25H36N2O/c1-9-17-12-20-21(25(7,8)11-10-24(20,5)6)13-19(17)22-14-18(23(26)28)16(4)27(22)15(2)3/h12-15H,9-11H2,1-8H3,(H2,26,28). The summed E-state index contributed by atoms with van der Waals surface area (Å²) < 4.78 is 2.27. The fourth-order valence-corrected chi connectivity index (χ4v) is 4.93. The van der Waals surface area contributed by atoms with E-state index in [4.69, 9.17) is 5.73 Å². The van der Waals surface area contributed by atoms with E-state index >= 15 is 0 Å². The third kappa shape index (κ3) is 3.19. The lowest BCUT2D eigenvalue weighted by Gasteiger charge is -2.42. The number of aryl methyl sites for hydroxylation is 1. The molecule has 0 fully saturated rings. The van der Waals surface area contributed by atoms with Gasteiger partial charge in [-0.05, 0) is 79.7 Å². The van der Waals surface area contributed by atoms with E-state index in [1.165, 1.54) is 35.1 Å². The number of aromatic nitrogens is 1. The first-order valence-electron chi connectivity index (χ1n) is 10.6. The summed E-state index contributed by atoms with van der Waals surface area (Å²) in [5.74, 6) is -0.351. The van der Waals surface area contributed by atoms with Gasteiger partial charge in [0.1, 0.15) is 0 Å². The van der Waals surface area contributed by atoms with E-state index in [1.54, 1.807) is 0 Å². The van der Waals surface area contributed by atoms with E-state index in [0.29, 0.717) is 5.56 Å². The maximum Gasteiger partial charge on any atom is 0.250 e. The van der Waals surface area contributed by atoms with Crippen molar-refractivity contribution in [1.29, 1.82) is 0 Å². The quantitative estimate of drug-likeness (QED) is 0.689. The molecule has 2 N–H and O–H groups in total. The molecule has 3 heteroatoms. The highest BCUT2D eigenvalue weighted by Gasteiger charge is 2.38. The summed E-state index contributed by atoms with van der Waals surface area (Å²) in [6, 6.07) is 7.10. The second kappa shape index (κ2) is 6.79. The molecule has 0 bridgehead atoms. The molecule has 152 valence electrons. The minimum absolute atomic E-state index is 0.155. The van der Waals surface area contributed by atoms with Crippen molar-refractivity contribution in [1.82, 2.24) is 4.57 Å². The number of rotatable bonds is 4. The Kier molecular flexibility index (Phi) is 5.02. The molecule has 3 nitrogen and oxygen atoms in total. The first kappa shape index (κ1) is 20.7. The largest absolute Gasteiger partial charge is 0.366 e. The van der Waals surface area contributed by atoms with Crippen LogP contribution >= 0.6 is 0 Å². The van der Waals surface area contributed by atoms with Crippen LogP contribution in [-0.2, 0) is 17.3 Å². The molecule has 2 aromatic rings. The second-order valence-electron chi connectivity index (χ2n) is 10.0. The van der Waals surface area contributed by atoms with Crippen molar-refractivity contribution in [2.24, 2.45) is 5.73 Å². The van der Waals surface area contributed by atoms with Gasteiger partial charge in [0, 0.05) is 23.0 Å². The predicted molar refractivity (Wildman–Crippen MR) is 118 cm³/mol. The molecule has 3 rings (SSSR count). The Hall–Kier alpha value is -2.03. The zero-order valence-corrected chi connectivity index (χ0v) is 18.9. The van der Waals surface area contributed by atoms with Crippen LogP contribution in [0.25, 0.3) is 11.3 Å². The maximum atomic E-state index is 12.0. The smallest absolute Gasteiger partial charge is 0.250 e. The number of benzene rings is 1. The van der Waals surface area contributed by atoms with Crippen LogP contribution < -0.4 is 5.73 Å². The Balaban J connectivity index is 2.36. The van der Waals surface area contributed by atoms with E-state index in [-0.39, 0.29) is 22.8 Å². The molecule has 1 amide bonds. The monoisotopic (exact) mass is 380 g/mol. The Morgan fingerprint density at radius 3 is 2.07 bits per heavy atom. The van der Waals surface area contributed by atoms with Crippen LogP contribution in [0.1, 0.15) is 100 Å². The summed E-state index contributed by atoms with van der Waals surface area (Å²) in [6.45, 7) is 18.0. The maximum absolute atomic E-state index is 12.0. The van der Waals surface area contributed by atoms with Gasteiger partial charge in [-0.1, -0.05) is 40.7 Å². The molecule has 0 atom stereocenters. The van der Waals surface area contributed by atoms with Crippen LogP contribution in [0, 0.1) is 6.92 Å². The summed E-state index contributed by atoms with van der Waals surface area (Å²) >= 11 is 0. The Bertz CT molecular complexity index is 929. The van der Waals surface area contributed by atoms with Gasteiger partial charge in [0.2, 0.25) is 0 Å². The highest BCUT2D eigenvalue weighted by molar-refractivity contribution is 5.96. The predicted octanol–water partition coefficient (Wildman–Crippen LogP) is 6.05. The van der Waals surface area contributed by atoms with E-state index in [2.05, 4.69) is 65.2 Å². The molecule has 1 heterocycles. The molecule has 0 spiro atoms. The Labute approximate surface area is 170 Å². The molecule has 0 saturated heterocycles. The van der Waals surface area contributed by atoms with Gasteiger partial charge in [-0.2, -0.15) is 0 Å². The number of nitrogens with zero attached hydrogens (tertiary/aromatic N) is 1. The number of hydrogen-bond acceptors (Lipinski definition) is 1. The van der Waals surface area contributed by atoms with Gasteiger partial charge in [-0.3, -0.25) is 4.79 Å². The molecule has 0 unspecified atom stereocenters. The molecule has 0 aliphatic heterocycles. The van der Waals surface area contributed by atoms with Gasteiger partial charge in [-0.15, -0.1) is 0 Å². The summed E-state index contributed by atoms with van der Waals surface area (Å²) in [6.07, 6.45) is 3.37. The SMILES string of the molecule is CCc1cc2c(cc1-c1cc(C(N)=O)c(C)n1C(C)C)C(C)(C)CCC2(C)C. The fourth-order valence-electron chi connectivity index (χ4n) is 4.93. The first-order valence-corrected chi connectivity index (χ1v) is 10.6. The van der Waals surface area contributed by atoms with Gasteiger partial charge >= 0.3 is 0 Å². The van der Waals surface area contributed by atoms with Gasteiger partial charge in [-0.25, -0.2) is 0 Å². The minimum Gasteiger partial charge on any atom is -0.366 e. The van der Waals surface area contributed by atoms with Crippen LogP contribution in [0.2, 0.25) is 0 Å². The van der Waals surface area contributed by atoms with Gasteiger partial charge in [0.15, 0.2) is 0 Å². The van der Waals surface area contributed by atoms with E-state index in [0.717, 1.165) is 17.8 Å². The topological polar surface area (TPSA) is 48.0 Å². The van der Waals surface area contributed by atoms with Gasteiger partial charge < -0.3 is 10.3 Å². The highest BCUT2D eigenvalue weighted by Crippen LogP contribution is 2.48. The number of nitrogens with two attached hydrogens (primary N) is 1. The van der Waals surface area contributed by atoms with Crippen molar-refractivity contribution in [3.63, 3.8) is 0 Å². The van der Waals surface area contributed by atoms with Crippen LogP contribution in [0.3, 0.4) is 0 Å². The van der Waals surface area contributed by atoms with E-state index in [1.807, 2.05) is 13.0 Å². The lowest BCUT2D eigenvalue weighted by atomic mass is 9.62. The van der Waals surface area contributed by atoms with Crippen molar-refractivity contribution >= 4 is 5.91 Å². The molecular weight excluding hydrogens is 344 g/mol. The van der Waals surface area contributed by atoms with Crippen LogP contribution in [-0.4, -0.2) is 10.5 Å². The molecule has 1 aromatic carbocycles. The third-order valence-electron chi connectivity index (χ3n) is 6.81. The molecule has 28 heavy (non-hydrogen) atoms. The van der Waals surface area contributed by atoms with Crippen LogP contribution in [0.5, 0.6) is 0 Å². The molecule has 0 saturated carbocycles. The zero-order valence-electron chi connectivity index (χ0n) is 18.9. The number of amides is 1. The highest BCUT2D eigenvalue weighted by atomic mass is 16.1. The molecule has 1 aliphatic rings. The summed E-state index contributed by atoms with van der Waals surface area (Å²) in [4.78, 5) is 12.0. The van der Waals surface area contributed by atoms with Crippen molar-refractivity contribution in [3.05, 3.63) is 46.1 Å². The number of carbonyl (C=O) groups excluding carboxylic acids is 1. The number of hydrogen-bond donors (Lipinski definition) is 1. The normalized spacial score (nSPS) is 17.6. The molecular formula is C25H36N2O.